The lowest BCUT2D eigenvalue weighted by atomic mass is 10.1. The van der Waals surface area contributed by atoms with E-state index in [1.54, 1.807) is 29.8 Å². The van der Waals surface area contributed by atoms with Crippen LogP contribution in [0.3, 0.4) is 0 Å². The molecule has 0 saturated carbocycles. The molecule has 0 spiro atoms. The van der Waals surface area contributed by atoms with E-state index in [1.807, 2.05) is 13.8 Å². The Balaban J connectivity index is 2.25. The van der Waals surface area contributed by atoms with E-state index in [9.17, 15) is 14.4 Å². The summed E-state index contributed by atoms with van der Waals surface area (Å²) in [7, 11) is 1.55. The molecule has 1 N–H and O–H groups in total. The number of nitrogens with zero attached hydrogens (tertiary/aromatic N) is 4. The highest BCUT2D eigenvalue weighted by Gasteiger charge is 2.18. The van der Waals surface area contributed by atoms with Crippen molar-refractivity contribution >= 4 is 22.6 Å². The highest BCUT2D eigenvalue weighted by molar-refractivity contribution is 5.98. The molecule has 8 heteroatoms. The van der Waals surface area contributed by atoms with E-state index in [2.05, 4.69) is 24.3 Å². The van der Waals surface area contributed by atoms with Crippen molar-refractivity contribution in [2.24, 2.45) is 13.0 Å². The number of fused-ring (bicyclic) bond motifs is 3. The molecule has 3 rings (SSSR count). The molecule has 0 aliphatic heterocycles. The van der Waals surface area contributed by atoms with Gasteiger partial charge in [0, 0.05) is 25.2 Å². The summed E-state index contributed by atoms with van der Waals surface area (Å²) in [5.41, 5.74) is 0.250. The third-order valence-corrected chi connectivity index (χ3v) is 5.05. The minimum Gasteiger partial charge on any atom is -0.350 e. The monoisotopic (exact) mass is 385 g/mol. The fourth-order valence-electron chi connectivity index (χ4n) is 3.11. The summed E-state index contributed by atoms with van der Waals surface area (Å²) in [4.78, 5) is 38.3. The summed E-state index contributed by atoms with van der Waals surface area (Å²) >= 11 is 0. The van der Waals surface area contributed by atoms with Gasteiger partial charge in [0.15, 0.2) is 0 Å². The van der Waals surface area contributed by atoms with Crippen molar-refractivity contribution in [1.82, 2.24) is 24.1 Å². The SMILES string of the molecule is CCC(C)NC(=O)c1ccc2c(=O)n(CCC(C)C)c3nn(C)c(=O)n3c2c1. The number of benzene rings is 1. The lowest BCUT2D eigenvalue weighted by molar-refractivity contribution is 0.0939. The van der Waals surface area contributed by atoms with Crippen LogP contribution in [0.25, 0.3) is 16.7 Å². The number of aryl methyl sites for hydroxylation is 2. The van der Waals surface area contributed by atoms with Crippen molar-refractivity contribution in [3.63, 3.8) is 0 Å². The minimum absolute atomic E-state index is 0.0355. The molecule has 0 radical (unpaired) electrons. The maximum Gasteiger partial charge on any atom is 0.351 e. The van der Waals surface area contributed by atoms with Crippen molar-refractivity contribution < 1.29 is 4.79 Å². The van der Waals surface area contributed by atoms with Crippen molar-refractivity contribution in [3.05, 3.63) is 44.6 Å². The molecule has 150 valence electrons. The fraction of sp³-hybridized carbons (Fsp3) is 0.500. The number of nitrogens with one attached hydrogen (secondary N) is 1. The molecule has 1 amide bonds. The summed E-state index contributed by atoms with van der Waals surface area (Å²) in [5, 5.41) is 7.57. The summed E-state index contributed by atoms with van der Waals surface area (Å²) in [6.07, 6.45) is 1.60. The smallest absolute Gasteiger partial charge is 0.350 e. The Morgan fingerprint density at radius 3 is 2.57 bits per heavy atom. The van der Waals surface area contributed by atoms with Crippen LogP contribution in [0.5, 0.6) is 0 Å². The number of amides is 1. The Hall–Kier alpha value is -2.90. The van der Waals surface area contributed by atoms with E-state index in [4.69, 9.17) is 0 Å². The van der Waals surface area contributed by atoms with Gasteiger partial charge < -0.3 is 5.32 Å². The highest BCUT2D eigenvalue weighted by atomic mass is 16.2. The average Bonchev–Trinajstić information content (AvgIpc) is 2.95. The molecule has 1 unspecified atom stereocenters. The van der Waals surface area contributed by atoms with Crippen LogP contribution in [0, 0.1) is 5.92 Å². The molecule has 0 fully saturated rings. The van der Waals surface area contributed by atoms with Crippen molar-refractivity contribution in [2.45, 2.75) is 53.1 Å². The van der Waals surface area contributed by atoms with Gasteiger partial charge in [0.1, 0.15) is 0 Å². The van der Waals surface area contributed by atoms with Crippen LogP contribution < -0.4 is 16.6 Å². The van der Waals surface area contributed by atoms with Crippen molar-refractivity contribution in [2.75, 3.05) is 0 Å². The van der Waals surface area contributed by atoms with Crippen LogP contribution in [0.4, 0.5) is 0 Å². The van der Waals surface area contributed by atoms with E-state index in [1.165, 1.54) is 9.08 Å². The van der Waals surface area contributed by atoms with Gasteiger partial charge in [-0.3, -0.25) is 14.2 Å². The molecule has 0 aliphatic rings. The highest BCUT2D eigenvalue weighted by Crippen LogP contribution is 2.15. The third kappa shape index (κ3) is 3.46. The zero-order chi connectivity index (χ0) is 20.6. The quantitative estimate of drug-likeness (QED) is 0.702. The Bertz CT molecular complexity index is 1150. The predicted molar refractivity (Wildman–Crippen MR) is 109 cm³/mol. The van der Waals surface area contributed by atoms with Gasteiger partial charge in [-0.2, -0.15) is 0 Å². The first-order valence-electron chi connectivity index (χ1n) is 9.67. The zero-order valence-corrected chi connectivity index (χ0v) is 17.0. The number of carbonyl (C=O) groups excluding carboxylic acids is 1. The lowest BCUT2D eigenvalue weighted by Gasteiger charge is -2.13. The maximum absolute atomic E-state index is 13.1. The van der Waals surface area contributed by atoms with E-state index < -0.39 is 0 Å². The standard InChI is InChI=1S/C20H27N5O3/c1-6-13(4)21-17(26)14-7-8-15-16(11-14)25-19(22-23(5)20(25)28)24(18(15)27)10-9-12(2)3/h7-8,11-13H,6,9-10H2,1-5H3,(H,21,26). The number of hydrogen-bond donors (Lipinski definition) is 1. The molecule has 8 nitrogen and oxygen atoms in total. The van der Waals surface area contributed by atoms with Crippen LogP contribution in [0.2, 0.25) is 0 Å². The molecular formula is C20H27N5O3. The first-order chi connectivity index (χ1) is 13.2. The van der Waals surface area contributed by atoms with E-state index >= 15 is 0 Å². The van der Waals surface area contributed by atoms with Crippen molar-refractivity contribution in [1.29, 1.82) is 0 Å². The summed E-state index contributed by atoms with van der Waals surface area (Å²) in [5.74, 6) is 0.472. The fourth-order valence-corrected chi connectivity index (χ4v) is 3.11. The van der Waals surface area contributed by atoms with E-state index in [-0.39, 0.29) is 23.2 Å². The predicted octanol–water partition coefficient (Wildman–Crippen LogP) is 1.92. The first kappa shape index (κ1) is 19.9. The minimum atomic E-state index is -0.349. The van der Waals surface area contributed by atoms with Gasteiger partial charge in [-0.1, -0.05) is 20.8 Å². The van der Waals surface area contributed by atoms with E-state index in [0.29, 0.717) is 34.7 Å². The Morgan fingerprint density at radius 1 is 1.21 bits per heavy atom. The summed E-state index contributed by atoms with van der Waals surface area (Å²) < 4.78 is 4.17. The maximum atomic E-state index is 13.1. The molecule has 0 bridgehead atoms. The van der Waals surface area contributed by atoms with Crippen molar-refractivity contribution in [3.8, 4) is 0 Å². The first-order valence-corrected chi connectivity index (χ1v) is 9.67. The molecule has 0 aliphatic carbocycles. The lowest BCUT2D eigenvalue weighted by Crippen LogP contribution is -2.32. The molecular weight excluding hydrogens is 358 g/mol. The molecule has 1 atom stereocenters. The van der Waals surface area contributed by atoms with Gasteiger partial charge in [0.25, 0.3) is 11.5 Å². The van der Waals surface area contributed by atoms with Crippen LogP contribution in [-0.4, -0.2) is 30.7 Å². The Morgan fingerprint density at radius 2 is 1.93 bits per heavy atom. The van der Waals surface area contributed by atoms with Crippen LogP contribution in [0.15, 0.2) is 27.8 Å². The second kappa shape index (κ2) is 7.61. The van der Waals surface area contributed by atoms with Crippen LogP contribution in [-0.2, 0) is 13.6 Å². The summed E-state index contributed by atoms with van der Waals surface area (Å²) in [6, 6.07) is 4.88. The molecule has 2 aromatic heterocycles. The van der Waals surface area contributed by atoms with Gasteiger partial charge in [0.2, 0.25) is 5.78 Å². The molecule has 1 aromatic carbocycles. The number of carbonyl (C=O) groups is 1. The van der Waals surface area contributed by atoms with Gasteiger partial charge in [-0.15, -0.1) is 5.10 Å². The van der Waals surface area contributed by atoms with E-state index in [0.717, 1.165) is 12.8 Å². The largest absolute Gasteiger partial charge is 0.351 e. The van der Waals surface area contributed by atoms with Gasteiger partial charge >= 0.3 is 5.69 Å². The normalized spacial score (nSPS) is 12.8. The summed E-state index contributed by atoms with van der Waals surface area (Å²) in [6.45, 7) is 8.55. The number of hydrogen-bond acceptors (Lipinski definition) is 4. The van der Waals surface area contributed by atoms with Gasteiger partial charge in [-0.25, -0.2) is 13.9 Å². The second-order valence-corrected chi connectivity index (χ2v) is 7.70. The average molecular weight is 385 g/mol. The van der Waals surface area contributed by atoms with Gasteiger partial charge in [0.05, 0.1) is 10.9 Å². The molecule has 2 heterocycles. The second-order valence-electron chi connectivity index (χ2n) is 7.70. The number of rotatable bonds is 6. The topological polar surface area (TPSA) is 90.4 Å². The van der Waals surface area contributed by atoms with Crippen LogP contribution >= 0.6 is 0 Å². The number of aromatic nitrogens is 4. The third-order valence-electron chi connectivity index (χ3n) is 5.05. The molecule has 0 saturated heterocycles. The van der Waals surface area contributed by atoms with Gasteiger partial charge in [-0.05, 0) is 43.9 Å². The Kier molecular flexibility index (Phi) is 5.40. The Labute approximate surface area is 162 Å². The molecule has 3 aromatic rings. The van der Waals surface area contributed by atoms with Crippen LogP contribution in [0.1, 0.15) is 50.9 Å². The zero-order valence-electron chi connectivity index (χ0n) is 17.0. The molecule has 28 heavy (non-hydrogen) atoms.